The van der Waals surface area contributed by atoms with Crippen LogP contribution in [-0.4, -0.2) is 22.0 Å². The van der Waals surface area contributed by atoms with Gasteiger partial charge in [0.05, 0.1) is 20.3 Å². The van der Waals surface area contributed by atoms with Crippen molar-refractivity contribution in [1.82, 2.24) is 5.32 Å². The highest BCUT2D eigenvalue weighted by molar-refractivity contribution is 7.88. The van der Waals surface area contributed by atoms with E-state index in [9.17, 15) is 4.21 Å². The molecule has 0 spiro atoms. The molecule has 1 fully saturated rings. The summed E-state index contributed by atoms with van der Waals surface area (Å²) in [6.07, 6.45) is 3.49. The quantitative estimate of drug-likeness (QED) is 0.918. The molecule has 2 rings (SSSR count). The molecule has 4 heteroatoms. The zero-order valence-electron chi connectivity index (χ0n) is 11.4. The Kier molecular flexibility index (Phi) is 4.62. The van der Waals surface area contributed by atoms with Gasteiger partial charge in [-0.05, 0) is 36.2 Å². The minimum atomic E-state index is -0.861. The molecular weight excluding hydrogens is 262 g/mol. The topological polar surface area (TPSA) is 29.1 Å². The summed E-state index contributed by atoms with van der Waals surface area (Å²) in [4.78, 5) is 0. The van der Waals surface area contributed by atoms with E-state index in [1.807, 2.05) is 17.5 Å². The highest BCUT2D eigenvalue weighted by Crippen LogP contribution is 2.39. The number of rotatable bonds is 4. The van der Waals surface area contributed by atoms with Crippen LogP contribution in [0.5, 0.6) is 0 Å². The smallest absolute Gasteiger partial charge is 0.0914 e. The van der Waals surface area contributed by atoms with Crippen LogP contribution in [0.2, 0.25) is 0 Å². The fourth-order valence-corrected chi connectivity index (χ4v) is 5.94. The molecule has 0 amide bonds. The molecule has 2 nitrogen and oxygen atoms in total. The van der Waals surface area contributed by atoms with Crippen LogP contribution < -0.4 is 5.32 Å². The Bertz CT molecular complexity index is 400. The first kappa shape index (κ1) is 14.2. The van der Waals surface area contributed by atoms with Crippen molar-refractivity contribution in [2.45, 2.75) is 55.5 Å². The van der Waals surface area contributed by atoms with E-state index in [1.54, 1.807) is 11.3 Å². The van der Waals surface area contributed by atoms with E-state index in [-0.39, 0.29) is 10.7 Å². The second-order valence-electron chi connectivity index (χ2n) is 5.68. The van der Waals surface area contributed by atoms with Crippen LogP contribution >= 0.6 is 11.3 Å². The number of thiophene rings is 1. The maximum Gasteiger partial charge on any atom is 0.0914 e. The molecule has 1 N–H and O–H groups in total. The molecule has 1 aliphatic carbocycles. The number of hydrogen-bond donors (Lipinski definition) is 1. The summed E-state index contributed by atoms with van der Waals surface area (Å²) in [5.41, 5.74) is 0.242. The maximum absolute atomic E-state index is 12.7. The van der Waals surface area contributed by atoms with Gasteiger partial charge in [-0.3, -0.25) is 4.21 Å². The Morgan fingerprint density at radius 1 is 1.56 bits per heavy atom. The third-order valence-electron chi connectivity index (χ3n) is 3.92. The van der Waals surface area contributed by atoms with E-state index in [1.165, 1.54) is 12.8 Å². The van der Waals surface area contributed by atoms with Gasteiger partial charge >= 0.3 is 0 Å². The molecule has 1 heterocycles. The average Bonchev–Trinajstić information content (AvgIpc) is 2.84. The van der Waals surface area contributed by atoms with Crippen molar-refractivity contribution >= 4 is 22.1 Å². The lowest BCUT2D eigenvalue weighted by molar-refractivity contribution is 0.175. The summed E-state index contributed by atoms with van der Waals surface area (Å²) in [5, 5.41) is 5.85. The second kappa shape index (κ2) is 5.85. The van der Waals surface area contributed by atoms with Crippen LogP contribution in [0.1, 0.15) is 40.0 Å². The zero-order chi connectivity index (χ0) is 13.2. The van der Waals surface area contributed by atoms with Crippen molar-refractivity contribution in [3.05, 3.63) is 17.5 Å². The average molecular weight is 285 g/mol. The third-order valence-corrected chi connectivity index (χ3v) is 6.95. The summed E-state index contributed by atoms with van der Waals surface area (Å²) in [6.45, 7) is 7.69. The molecule has 3 atom stereocenters. The van der Waals surface area contributed by atoms with Gasteiger partial charge in [0.1, 0.15) is 0 Å². The van der Waals surface area contributed by atoms with Gasteiger partial charge in [-0.1, -0.05) is 33.3 Å². The van der Waals surface area contributed by atoms with E-state index < -0.39 is 10.8 Å². The van der Waals surface area contributed by atoms with E-state index >= 15 is 0 Å². The molecule has 1 aromatic rings. The first-order valence-corrected chi connectivity index (χ1v) is 8.83. The van der Waals surface area contributed by atoms with Crippen LogP contribution in [0.3, 0.4) is 0 Å². The largest absolute Gasteiger partial charge is 0.313 e. The monoisotopic (exact) mass is 285 g/mol. The van der Waals surface area contributed by atoms with Crippen LogP contribution in [0.15, 0.2) is 21.7 Å². The third kappa shape index (κ3) is 2.86. The van der Waals surface area contributed by atoms with Gasteiger partial charge in [-0.15, -0.1) is 11.3 Å². The van der Waals surface area contributed by atoms with Gasteiger partial charge in [0.2, 0.25) is 0 Å². The number of hydrogen-bond acceptors (Lipinski definition) is 3. The standard InChI is InChI=1S/C14H23NOS2/c1-4-15-13-11(7-5-9-14(13,2)3)18(16)12-8-6-10-17-12/h6,8,10-11,13,15H,4-5,7,9H2,1-3H3. The molecule has 0 radical (unpaired) electrons. The van der Waals surface area contributed by atoms with Crippen LogP contribution in [0, 0.1) is 5.41 Å². The molecule has 3 unspecified atom stereocenters. The fraction of sp³-hybridized carbons (Fsp3) is 0.714. The molecule has 0 aromatic carbocycles. The van der Waals surface area contributed by atoms with Crippen molar-refractivity contribution in [2.24, 2.45) is 5.41 Å². The lowest BCUT2D eigenvalue weighted by Crippen LogP contribution is -2.53. The van der Waals surface area contributed by atoms with Crippen LogP contribution in [0.4, 0.5) is 0 Å². The molecule has 0 aliphatic heterocycles. The summed E-state index contributed by atoms with van der Waals surface area (Å²) in [5.74, 6) is 0. The summed E-state index contributed by atoms with van der Waals surface area (Å²) in [7, 11) is -0.861. The van der Waals surface area contributed by atoms with Gasteiger partial charge < -0.3 is 5.32 Å². The molecule has 1 aromatic heterocycles. The molecule has 18 heavy (non-hydrogen) atoms. The van der Waals surface area contributed by atoms with E-state index in [0.29, 0.717) is 6.04 Å². The molecular formula is C14H23NOS2. The first-order valence-electron chi connectivity index (χ1n) is 6.73. The molecule has 102 valence electrons. The fourth-order valence-electron chi connectivity index (χ4n) is 2.97. The predicted octanol–water partition coefficient (Wildman–Crippen LogP) is 3.41. The summed E-state index contributed by atoms with van der Waals surface area (Å²) >= 11 is 1.62. The highest BCUT2D eigenvalue weighted by Gasteiger charge is 2.41. The van der Waals surface area contributed by atoms with Gasteiger partial charge in [-0.25, -0.2) is 0 Å². The maximum atomic E-state index is 12.7. The van der Waals surface area contributed by atoms with Crippen LogP contribution in [-0.2, 0) is 10.8 Å². The van der Waals surface area contributed by atoms with Crippen molar-refractivity contribution in [2.75, 3.05) is 6.54 Å². The zero-order valence-corrected chi connectivity index (χ0v) is 13.1. The SMILES string of the molecule is CCNC1C(S(=O)c2cccs2)CCCC1(C)C. The van der Waals surface area contributed by atoms with Crippen molar-refractivity contribution in [1.29, 1.82) is 0 Å². The molecule has 1 aliphatic rings. The van der Waals surface area contributed by atoms with Crippen molar-refractivity contribution in [3.63, 3.8) is 0 Å². The molecule has 1 saturated carbocycles. The normalized spacial score (nSPS) is 29.1. The van der Waals surface area contributed by atoms with Gasteiger partial charge in [0, 0.05) is 6.04 Å². The van der Waals surface area contributed by atoms with Gasteiger partial charge in [0.15, 0.2) is 0 Å². The summed E-state index contributed by atoms with van der Waals surface area (Å²) < 4.78 is 13.7. The van der Waals surface area contributed by atoms with E-state index in [0.717, 1.165) is 17.2 Å². The van der Waals surface area contributed by atoms with Crippen LogP contribution in [0.25, 0.3) is 0 Å². The Balaban J connectivity index is 2.21. The lowest BCUT2D eigenvalue weighted by atomic mass is 9.73. The van der Waals surface area contributed by atoms with Crippen molar-refractivity contribution < 1.29 is 4.21 Å². The first-order chi connectivity index (χ1) is 8.56. The lowest BCUT2D eigenvalue weighted by Gasteiger charge is -2.43. The summed E-state index contributed by atoms with van der Waals surface area (Å²) in [6, 6.07) is 4.36. The van der Waals surface area contributed by atoms with Gasteiger partial charge in [0.25, 0.3) is 0 Å². The van der Waals surface area contributed by atoms with E-state index in [4.69, 9.17) is 0 Å². The number of nitrogens with one attached hydrogen (secondary N) is 1. The predicted molar refractivity (Wildman–Crippen MR) is 79.6 cm³/mol. The molecule has 0 bridgehead atoms. The highest BCUT2D eigenvalue weighted by atomic mass is 32.2. The molecule has 0 saturated heterocycles. The minimum absolute atomic E-state index is 0.242. The van der Waals surface area contributed by atoms with Gasteiger partial charge in [-0.2, -0.15) is 0 Å². The Morgan fingerprint density at radius 2 is 2.33 bits per heavy atom. The Labute approximate surface area is 117 Å². The Morgan fingerprint density at radius 3 is 2.94 bits per heavy atom. The van der Waals surface area contributed by atoms with E-state index in [2.05, 4.69) is 26.1 Å². The Hall–Kier alpha value is -0.190. The minimum Gasteiger partial charge on any atom is -0.313 e. The second-order valence-corrected chi connectivity index (χ2v) is 8.53. The van der Waals surface area contributed by atoms with Crippen molar-refractivity contribution in [3.8, 4) is 0 Å².